The van der Waals surface area contributed by atoms with Crippen LogP contribution < -0.4 is 5.32 Å². The van der Waals surface area contributed by atoms with Crippen LogP contribution in [0.1, 0.15) is 30.9 Å². The number of benzene rings is 1. The van der Waals surface area contributed by atoms with Crippen LogP contribution in [0, 0.1) is 5.92 Å². The van der Waals surface area contributed by atoms with Gasteiger partial charge in [0.25, 0.3) is 0 Å². The van der Waals surface area contributed by atoms with Gasteiger partial charge in [-0.2, -0.15) is 13.2 Å². The van der Waals surface area contributed by atoms with Gasteiger partial charge in [-0.3, -0.25) is 4.90 Å². The van der Waals surface area contributed by atoms with E-state index < -0.39 is 12.2 Å². The van der Waals surface area contributed by atoms with Gasteiger partial charge < -0.3 is 5.32 Å². The summed E-state index contributed by atoms with van der Waals surface area (Å²) in [6.07, 6.45) is -1.48. The summed E-state index contributed by atoms with van der Waals surface area (Å²) in [7, 11) is 1.91. The monoisotopic (exact) mass is 300 g/mol. The first-order valence-corrected chi connectivity index (χ1v) is 7.52. The number of nitrogens with zero attached hydrogens (tertiary/aromatic N) is 1. The number of nitrogens with one attached hydrogen (secondary N) is 1. The summed E-state index contributed by atoms with van der Waals surface area (Å²) >= 11 is 0. The first-order valence-electron chi connectivity index (χ1n) is 7.52. The highest BCUT2D eigenvalue weighted by Crippen LogP contribution is 2.39. The van der Waals surface area contributed by atoms with E-state index >= 15 is 0 Å². The summed E-state index contributed by atoms with van der Waals surface area (Å²) in [6, 6.07) is 6.78. The molecule has 0 aliphatic carbocycles. The van der Waals surface area contributed by atoms with Gasteiger partial charge in [0.15, 0.2) is 0 Å². The zero-order chi connectivity index (χ0) is 15.3. The van der Waals surface area contributed by atoms with Crippen LogP contribution in [0.25, 0.3) is 0 Å². The van der Waals surface area contributed by atoms with Gasteiger partial charge in [-0.1, -0.05) is 30.3 Å². The fourth-order valence-electron chi connectivity index (χ4n) is 3.09. The highest BCUT2D eigenvalue weighted by molar-refractivity contribution is 5.20. The van der Waals surface area contributed by atoms with Gasteiger partial charge in [-0.25, -0.2) is 0 Å². The smallest absolute Gasteiger partial charge is 0.320 e. The summed E-state index contributed by atoms with van der Waals surface area (Å²) in [4.78, 5) is 1.59. The summed E-state index contributed by atoms with van der Waals surface area (Å²) in [6.45, 7) is 1.98. The maximum absolute atomic E-state index is 13.4. The van der Waals surface area contributed by atoms with Gasteiger partial charge in [0, 0.05) is 0 Å². The number of hydrogen-bond acceptors (Lipinski definition) is 2. The van der Waals surface area contributed by atoms with Crippen LogP contribution >= 0.6 is 0 Å². The minimum absolute atomic E-state index is 0.346. The van der Waals surface area contributed by atoms with E-state index in [2.05, 4.69) is 5.32 Å². The minimum Gasteiger partial charge on any atom is -0.320 e. The second-order valence-corrected chi connectivity index (χ2v) is 5.73. The van der Waals surface area contributed by atoms with Crippen molar-refractivity contribution in [2.24, 2.45) is 5.92 Å². The Labute approximate surface area is 124 Å². The van der Waals surface area contributed by atoms with E-state index in [1.54, 1.807) is 35.2 Å². The molecule has 1 atom stereocenters. The van der Waals surface area contributed by atoms with Gasteiger partial charge in [0.1, 0.15) is 6.04 Å². The van der Waals surface area contributed by atoms with E-state index in [1.807, 2.05) is 7.05 Å². The number of piperidine rings is 1. The van der Waals surface area contributed by atoms with Crippen molar-refractivity contribution < 1.29 is 13.2 Å². The van der Waals surface area contributed by atoms with Crippen molar-refractivity contribution in [1.29, 1.82) is 0 Å². The zero-order valence-corrected chi connectivity index (χ0v) is 12.4. The van der Waals surface area contributed by atoms with Crippen molar-refractivity contribution in [2.75, 3.05) is 26.7 Å². The molecule has 0 spiro atoms. The van der Waals surface area contributed by atoms with Crippen LogP contribution in [-0.2, 0) is 0 Å². The molecule has 2 nitrogen and oxygen atoms in total. The second-order valence-electron chi connectivity index (χ2n) is 5.73. The third kappa shape index (κ3) is 4.45. The van der Waals surface area contributed by atoms with Crippen LogP contribution in [-0.4, -0.2) is 37.8 Å². The Morgan fingerprint density at radius 2 is 1.81 bits per heavy atom. The van der Waals surface area contributed by atoms with Crippen LogP contribution in [0.15, 0.2) is 30.3 Å². The highest BCUT2D eigenvalue weighted by atomic mass is 19.4. The fraction of sp³-hybridized carbons (Fsp3) is 0.625. The quantitative estimate of drug-likeness (QED) is 0.893. The molecule has 1 heterocycles. The highest BCUT2D eigenvalue weighted by Gasteiger charge is 2.45. The second kappa shape index (κ2) is 7.27. The van der Waals surface area contributed by atoms with E-state index in [-0.39, 0.29) is 0 Å². The molecule has 1 N–H and O–H groups in total. The predicted octanol–water partition coefficient (Wildman–Crippen LogP) is 3.61. The molecule has 1 aromatic carbocycles. The standard InChI is InChI=1S/C16H23F3N2/c1-20-10-7-13-8-11-21(12-9-13)15(16(17,18)19)14-5-3-2-4-6-14/h2-6,13,15,20H,7-12H2,1H3. The normalized spacial score (nSPS) is 19.6. The maximum atomic E-state index is 13.4. The first kappa shape index (κ1) is 16.3. The Kier molecular flexibility index (Phi) is 5.65. The van der Waals surface area contributed by atoms with Crippen LogP contribution in [0.5, 0.6) is 0 Å². The van der Waals surface area contributed by atoms with Gasteiger partial charge in [-0.15, -0.1) is 0 Å². The lowest BCUT2D eigenvalue weighted by atomic mass is 9.91. The first-order chi connectivity index (χ1) is 10.0. The number of likely N-dealkylation sites (tertiary alicyclic amines) is 1. The number of rotatable bonds is 5. The molecule has 0 radical (unpaired) electrons. The molecule has 0 aromatic heterocycles. The van der Waals surface area contributed by atoms with E-state index in [0.29, 0.717) is 24.6 Å². The van der Waals surface area contributed by atoms with E-state index in [1.165, 1.54) is 0 Å². The molecule has 0 amide bonds. The SMILES string of the molecule is CNCCC1CCN(C(c2ccccc2)C(F)(F)F)CC1. The molecule has 2 rings (SSSR count). The van der Waals surface area contributed by atoms with E-state index in [0.717, 1.165) is 25.8 Å². The van der Waals surface area contributed by atoms with Gasteiger partial charge in [0.05, 0.1) is 0 Å². The largest absolute Gasteiger partial charge is 0.408 e. The third-order valence-corrected chi connectivity index (χ3v) is 4.24. The van der Waals surface area contributed by atoms with Crippen molar-refractivity contribution in [1.82, 2.24) is 10.2 Å². The molecule has 1 aliphatic rings. The summed E-state index contributed by atoms with van der Waals surface area (Å²) in [5.41, 5.74) is 0.346. The zero-order valence-electron chi connectivity index (χ0n) is 12.4. The molecule has 1 unspecified atom stereocenters. The molecule has 0 saturated carbocycles. The average molecular weight is 300 g/mol. The Morgan fingerprint density at radius 3 is 2.33 bits per heavy atom. The molecule has 1 aromatic rings. The van der Waals surface area contributed by atoms with E-state index in [9.17, 15) is 13.2 Å². The Bertz CT molecular complexity index is 411. The van der Waals surface area contributed by atoms with Crippen molar-refractivity contribution >= 4 is 0 Å². The third-order valence-electron chi connectivity index (χ3n) is 4.24. The van der Waals surface area contributed by atoms with Gasteiger partial charge in [0.2, 0.25) is 0 Å². The maximum Gasteiger partial charge on any atom is 0.408 e. The number of hydrogen-bond donors (Lipinski definition) is 1. The summed E-state index contributed by atoms with van der Waals surface area (Å²) in [5, 5.41) is 3.11. The molecule has 118 valence electrons. The molecular weight excluding hydrogens is 277 g/mol. The lowest BCUT2D eigenvalue weighted by Crippen LogP contribution is -2.43. The molecule has 21 heavy (non-hydrogen) atoms. The average Bonchev–Trinajstić information content (AvgIpc) is 2.46. The summed E-state index contributed by atoms with van der Waals surface area (Å²) < 4.78 is 40.3. The number of alkyl halides is 3. The van der Waals surface area contributed by atoms with Crippen molar-refractivity contribution in [3.63, 3.8) is 0 Å². The minimum atomic E-state index is -4.22. The Balaban J connectivity index is 2.04. The lowest BCUT2D eigenvalue weighted by Gasteiger charge is -2.38. The van der Waals surface area contributed by atoms with E-state index in [4.69, 9.17) is 0 Å². The Morgan fingerprint density at radius 1 is 1.19 bits per heavy atom. The molecule has 5 heteroatoms. The molecule has 1 fully saturated rings. The summed E-state index contributed by atoms with van der Waals surface area (Å²) in [5.74, 6) is 0.540. The van der Waals surface area contributed by atoms with Crippen LogP contribution in [0.2, 0.25) is 0 Å². The molecule has 1 aliphatic heterocycles. The lowest BCUT2D eigenvalue weighted by molar-refractivity contribution is -0.190. The fourth-order valence-corrected chi connectivity index (χ4v) is 3.09. The van der Waals surface area contributed by atoms with Crippen molar-refractivity contribution in [3.8, 4) is 0 Å². The van der Waals surface area contributed by atoms with Crippen LogP contribution in [0.3, 0.4) is 0 Å². The topological polar surface area (TPSA) is 15.3 Å². The van der Waals surface area contributed by atoms with Crippen LogP contribution in [0.4, 0.5) is 13.2 Å². The molecular formula is C16H23F3N2. The van der Waals surface area contributed by atoms with Gasteiger partial charge >= 0.3 is 6.18 Å². The van der Waals surface area contributed by atoms with Crippen molar-refractivity contribution in [3.05, 3.63) is 35.9 Å². The number of halogens is 3. The molecule has 1 saturated heterocycles. The Hall–Kier alpha value is -1.07. The van der Waals surface area contributed by atoms with Crippen molar-refractivity contribution in [2.45, 2.75) is 31.5 Å². The predicted molar refractivity (Wildman–Crippen MR) is 78.1 cm³/mol. The molecule has 0 bridgehead atoms. The van der Waals surface area contributed by atoms with Gasteiger partial charge in [-0.05, 0) is 57.4 Å².